The lowest BCUT2D eigenvalue weighted by Gasteiger charge is -2.53. The molecule has 0 saturated carbocycles. The quantitative estimate of drug-likeness (QED) is 0.837. The fraction of sp³-hybridized carbons (Fsp3) is 0.667. The van der Waals surface area contributed by atoms with E-state index in [0.29, 0.717) is 37.9 Å². The number of pyridine rings is 1. The standard InChI is InChI=1S/C18H26N2O3/c1-14(2)6-7-17(21)20-12-18(13-20)11-15(8-10-22-18)23-16-5-3-4-9-19-16/h3-5,9,14-15H,6-8,10-13H2,1-2H3/t15-/m0/s1. The number of hydrogen-bond donors (Lipinski definition) is 0. The highest BCUT2D eigenvalue weighted by molar-refractivity contribution is 5.77. The lowest BCUT2D eigenvalue weighted by molar-refractivity contribution is -0.193. The minimum absolute atomic E-state index is 0.117. The Hall–Kier alpha value is -1.62. The molecule has 1 aromatic rings. The Morgan fingerprint density at radius 3 is 3.00 bits per heavy atom. The van der Waals surface area contributed by atoms with E-state index in [-0.39, 0.29) is 17.6 Å². The van der Waals surface area contributed by atoms with Crippen molar-refractivity contribution in [2.24, 2.45) is 5.92 Å². The highest BCUT2D eigenvalue weighted by Crippen LogP contribution is 2.36. The first kappa shape index (κ1) is 16.2. The average Bonchev–Trinajstić information content (AvgIpc) is 2.51. The van der Waals surface area contributed by atoms with Crippen molar-refractivity contribution in [3.05, 3.63) is 24.4 Å². The lowest BCUT2D eigenvalue weighted by atomic mass is 9.84. The zero-order valence-electron chi connectivity index (χ0n) is 14.0. The van der Waals surface area contributed by atoms with Gasteiger partial charge in [0.15, 0.2) is 0 Å². The summed E-state index contributed by atoms with van der Waals surface area (Å²) in [7, 11) is 0. The van der Waals surface area contributed by atoms with Crippen molar-refractivity contribution in [1.29, 1.82) is 0 Å². The molecule has 1 spiro atoms. The summed E-state index contributed by atoms with van der Waals surface area (Å²) in [5, 5.41) is 0. The number of nitrogens with zero attached hydrogens (tertiary/aromatic N) is 2. The van der Waals surface area contributed by atoms with Gasteiger partial charge in [-0.05, 0) is 18.4 Å². The Kier molecular flexibility index (Phi) is 4.85. The fourth-order valence-corrected chi connectivity index (χ4v) is 3.29. The molecule has 3 heterocycles. The van der Waals surface area contributed by atoms with Crippen molar-refractivity contribution in [2.75, 3.05) is 19.7 Å². The first-order valence-electron chi connectivity index (χ1n) is 8.56. The van der Waals surface area contributed by atoms with Gasteiger partial charge in [0, 0.05) is 31.5 Å². The van der Waals surface area contributed by atoms with Crippen LogP contribution in [0.4, 0.5) is 0 Å². The van der Waals surface area contributed by atoms with E-state index in [4.69, 9.17) is 9.47 Å². The predicted octanol–water partition coefficient (Wildman–Crippen LogP) is 2.66. The minimum atomic E-state index is -0.203. The van der Waals surface area contributed by atoms with Crippen LogP contribution in [0.15, 0.2) is 24.4 Å². The second kappa shape index (κ2) is 6.87. The molecule has 0 aromatic carbocycles. The summed E-state index contributed by atoms with van der Waals surface area (Å²) in [5.74, 6) is 1.48. The van der Waals surface area contributed by atoms with Crippen molar-refractivity contribution < 1.29 is 14.3 Å². The van der Waals surface area contributed by atoms with Crippen LogP contribution in [0.25, 0.3) is 0 Å². The van der Waals surface area contributed by atoms with E-state index in [9.17, 15) is 4.79 Å². The van der Waals surface area contributed by atoms with Crippen molar-refractivity contribution >= 4 is 5.91 Å². The molecule has 0 unspecified atom stereocenters. The third-order valence-corrected chi connectivity index (χ3v) is 4.62. The van der Waals surface area contributed by atoms with Crippen LogP contribution in [-0.2, 0) is 9.53 Å². The average molecular weight is 318 g/mol. The Morgan fingerprint density at radius 2 is 2.30 bits per heavy atom. The molecule has 2 saturated heterocycles. The summed E-state index contributed by atoms with van der Waals surface area (Å²) < 4.78 is 11.9. The van der Waals surface area contributed by atoms with E-state index < -0.39 is 0 Å². The van der Waals surface area contributed by atoms with E-state index >= 15 is 0 Å². The van der Waals surface area contributed by atoms with Gasteiger partial charge in [-0.25, -0.2) is 4.98 Å². The Bertz CT molecular complexity index is 526. The number of aromatic nitrogens is 1. The van der Waals surface area contributed by atoms with Crippen molar-refractivity contribution in [1.82, 2.24) is 9.88 Å². The molecule has 3 rings (SSSR count). The van der Waals surface area contributed by atoms with Gasteiger partial charge in [-0.2, -0.15) is 0 Å². The first-order valence-corrected chi connectivity index (χ1v) is 8.56. The van der Waals surface area contributed by atoms with Crippen LogP contribution >= 0.6 is 0 Å². The number of likely N-dealkylation sites (tertiary alicyclic amines) is 1. The largest absolute Gasteiger partial charge is 0.474 e. The maximum atomic E-state index is 12.2. The summed E-state index contributed by atoms with van der Waals surface area (Å²) >= 11 is 0. The van der Waals surface area contributed by atoms with Crippen LogP contribution < -0.4 is 4.74 Å². The van der Waals surface area contributed by atoms with Gasteiger partial charge in [0.25, 0.3) is 0 Å². The Balaban J connectivity index is 1.49. The van der Waals surface area contributed by atoms with Gasteiger partial charge < -0.3 is 14.4 Å². The SMILES string of the molecule is CC(C)CCC(=O)N1CC2(C[C@@H](Oc3ccccn3)CCO2)C1. The highest BCUT2D eigenvalue weighted by Gasteiger charge is 2.49. The molecule has 0 bridgehead atoms. The van der Waals surface area contributed by atoms with Gasteiger partial charge in [-0.3, -0.25) is 4.79 Å². The summed E-state index contributed by atoms with van der Waals surface area (Å²) in [5.41, 5.74) is -0.203. The molecule has 5 nitrogen and oxygen atoms in total. The number of rotatable bonds is 5. The summed E-state index contributed by atoms with van der Waals surface area (Å²) in [6, 6.07) is 5.69. The van der Waals surface area contributed by atoms with Crippen LogP contribution in [0.1, 0.15) is 39.5 Å². The molecule has 0 aliphatic carbocycles. The summed E-state index contributed by atoms with van der Waals surface area (Å²) in [6.07, 6.45) is 5.16. The highest BCUT2D eigenvalue weighted by atomic mass is 16.5. The van der Waals surface area contributed by atoms with Crippen LogP contribution in [0.2, 0.25) is 0 Å². The maximum absolute atomic E-state index is 12.2. The molecular weight excluding hydrogens is 292 g/mol. The molecule has 5 heteroatoms. The molecule has 2 aliphatic rings. The normalized spacial score (nSPS) is 22.9. The van der Waals surface area contributed by atoms with E-state index in [2.05, 4.69) is 18.8 Å². The lowest BCUT2D eigenvalue weighted by Crippen LogP contribution is -2.67. The van der Waals surface area contributed by atoms with Crippen LogP contribution in [0.5, 0.6) is 5.88 Å². The van der Waals surface area contributed by atoms with Crippen molar-refractivity contribution in [3.8, 4) is 5.88 Å². The number of carbonyl (C=O) groups is 1. The van der Waals surface area contributed by atoms with Crippen LogP contribution in [-0.4, -0.2) is 47.2 Å². The molecule has 1 atom stereocenters. The number of hydrogen-bond acceptors (Lipinski definition) is 4. The smallest absolute Gasteiger partial charge is 0.222 e. The van der Waals surface area contributed by atoms with Gasteiger partial charge in [-0.15, -0.1) is 0 Å². The zero-order valence-corrected chi connectivity index (χ0v) is 14.0. The number of amides is 1. The van der Waals surface area contributed by atoms with Crippen molar-refractivity contribution in [3.63, 3.8) is 0 Å². The van der Waals surface area contributed by atoms with Crippen molar-refractivity contribution in [2.45, 2.75) is 51.2 Å². The van der Waals surface area contributed by atoms with E-state index in [1.54, 1.807) is 6.20 Å². The predicted molar refractivity (Wildman–Crippen MR) is 87.2 cm³/mol. The van der Waals surface area contributed by atoms with Gasteiger partial charge in [-0.1, -0.05) is 19.9 Å². The minimum Gasteiger partial charge on any atom is -0.474 e. The molecule has 126 valence electrons. The topological polar surface area (TPSA) is 51.7 Å². The number of ether oxygens (including phenoxy) is 2. The van der Waals surface area contributed by atoms with E-state index in [1.165, 1.54) is 0 Å². The fourth-order valence-electron chi connectivity index (χ4n) is 3.29. The molecule has 2 fully saturated rings. The maximum Gasteiger partial charge on any atom is 0.222 e. The Labute approximate surface area is 138 Å². The van der Waals surface area contributed by atoms with Gasteiger partial charge in [0.1, 0.15) is 11.7 Å². The first-order chi connectivity index (χ1) is 11.1. The second-order valence-corrected chi connectivity index (χ2v) is 7.11. The van der Waals surface area contributed by atoms with Gasteiger partial charge in [0.05, 0.1) is 19.7 Å². The molecule has 0 N–H and O–H groups in total. The number of carbonyl (C=O) groups excluding carboxylic acids is 1. The zero-order chi connectivity index (χ0) is 16.3. The third-order valence-electron chi connectivity index (χ3n) is 4.62. The van der Waals surface area contributed by atoms with E-state index in [0.717, 1.165) is 19.3 Å². The molecule has 1 aromatic heterocycles. The Morgan fingerprint density at radius 1 is 1.48 bits per heavy atom. The summed E-state index contributed by atoms with van der Waals surface area (Å²) in [6.45, 7) is 6.38. The van der Waals surface area contributed by atoms with Gasteiger partial charge in [0.2, 0.25) is 11.8 Å². The molecular formula is C18H26N2O3. The molecule has 23 heavy (non-hydrogen) atoms. The molecule has 2 aliphatic heterocycles. The van der Waals surface area contributed by atoms with Crippen LogP contribution in [0, 0.1) is 5.92 Å². The monoisotopic (exact) mass is 318 g/mol. The third kappa shape index (κ3) is 4.02. The molecule has 0 radical (unpaired) electrons. The van der Waals surface area contributed by atoms with E-state index in [1.807, 2.05) is 23.1 Å². The van der Waals surface area contributed by atoms with Gasteiger partial charge >= 0.3 is 0 Å². The summed E-state index contributed by atoms with van der Waals surface area (Å²) in [4.78, 5) is 18.3. The second-order valence-electron chi connectivity index (χ2n) is 7.11. The van der Waals surface area contributed by atoms with Crippen LogP contribution in [0.3, 0.4) is 0 Å². The molecule has 1 amide bonds.